The van der Waals surface area contributed by atoms with Crippen LogP contribution in [-0.2, 0) is 10.2 Å². The molecule has 0 unspecified atom stereocenters. The largest absolute Gasteiger partial charge is 0.465 e. The molecule has 2 rings (SSSR count). The van der Waals surface area contributed by atoms with Gasteiger partial charge in [-0.3, -0.25) is 0 Å². The number of aliphatic hydroxyl groups is 1. The minimum Gasteiger partial charge on any atom is -0.465 e. The molecule has 1 aliphatic carbocycles. The van der Waals surface area contributed by atoms with Crippen molar-refractivity contribution in [2.45, 2.75) is 58.0 Å². The molecule has 22 heavy (non-hydrogen) atoms. The van der Waals surface area contributed by atoms with E-state index in [4.69, 9.17) is 4.74 Å². The van der Waals surface area contributed by atoms with Gasteiger partial charge in [-0.15, -0.1) is 11.3 Å². The minimum absolute atomic E-state index is 0.0223. The van der Waals surface area contributed by atoms with E-state index < -0.39 is 0 Å². The second kappa shape index (κ2) is 6.97. The van der Waals surface area contributed by atoms with Gasteiger partial charge in [0.1, 0.15) is 4.88 Å². The van der Waals surface area contributed by atoms with Crippen LogP contribution >= 0.6 is 11.3 Å². The van der Waals surface area contributed by atoms with E-state index in [1.54, 1.807) is 0 Å². The summed E-state index contributed by atoms with van der Waals surface area (Å²) in [6.07, 6.45) is 7.88. The zero-order chi connectivity index (χ0) is 16.3. The zero-order valence-corrected chi connectivity index (χ0v) is 14.7. The van der Waals surface area contributed by atoms with Crippen molar-refractivity contribution in [2.75, 3.05) is 7.11 Å². The summed E-state index contributed by atoms with van der Waals surface area (Å²) in [5, 5.41) is 9.57. The summed E-state index contributed by atoms with van der Waals surface area (Å²) in [7, 11) is 1.43. The number of allylic oxidation sites excluding steroid dienone is 1. The normalized spacial score (nSPS) is 23.0. The molecule has 1 saturated carbocycles. The molecular formula is C18H26O3S. The quantitative estimate of drug-likeness (QED) is 0.839. The third-order valence-corrected chi connectivity index (χ3v) is 5.72. The predicted octanol–water partition coefficient (Wildman–Crippen LogP) is 4.40. The number of carbonyl (C=O) groups excluding carboxylic acids is 1. The lowest BCUT2D eigenvalue weighted by Gasteiger charge is -2.22. The number of hydrogen-bond donors (Lipinski definition) is 1. The highest BCUT2D eigenvalue weighted by molar-refractivity contribution is 7.14. The number of thiophene rings is 1. The van der Waals surface area contributed by atoms with E-state index in [9.17, 15) is 9.90 Å². The van der Waals surface area contributed by atoms with E-state index in [1.807, 2.05) is 0 Å². The van der Waals surface area contributed by atoms with Crippen molar-refractivity contribution >= 4 is 23.4 Å². The van der Waals surface area contributed by atoms with Gasteiger partial charge in [0.15, 0.2) is 0 Å². The van der Waals surface area contributed by atoms with Crippen LogP contribution in [-0.4, -0.2) is 24.3 Å². The van der Waals surface area contributed by atoms with Gasteiger partial charge in [-0.25, -0.2) is 4.79 Å². The molecule has 1 aromatic rings. The Bertz CT molecular complexity index is 543. The maximum atomic E-state index is 12.0. The lowest BCUT2D eigenvalue weighted by Crippen LogP contribution is -2.16. The first-order valence-corrected chi connectivity index (χ1v) is 8.72. The van der Waals surface area contributed by atoms with Crippen LogP contribution in [0.1, 0.15) is 66.6 Å². The van der Waals surface area contributed by atoms with Crippen LogP contribution in [0.25, 0.3) is 6.08 Å². The van der Waals surface area contributed by atoms with Gasteiger partial charge in [0.05, 0.1) is 13.2 Å². The Balaban J connectivity index is 2.21. The summed E-state index contributed by atoms with van der Waals surface area (Å²) in [4.78, 5) is 13.9. The fraction of sp³-hybridized carbons (Fsp3) is 0.611. The molecular weight excluding hydrogens is 296 g/mol. The van der Waals surface area contributed by atoms with Crippen LogP contribution < -0.4 is 0 Å². The average molecular weight is 322 g/mol. The SMILES string of the molecule is COC(=O)c1sc(C(C)(C)C)cc1/C=C\C1CCC(O)CC1. The Kier molecular flexibility index (Phi) is 5.45. The number of rotatable bonds is 3. The smallest absolute Gasteiger partial charge is 0.348 e. The maximum Gasteiger partial charge on any atom is 0.348 e. The minimum atomic E-state index is -0.265. The Hall–Kier alpha value is -1.13. The van der Waals surface area contributed by atoms with E-state index >= 15 is 0 Å². The molecule has 1 N–H and O–H groups in total. The molecule has 3 nitrogen and oxygen atoms in total. The predicted molar refractivity (Wildman–Crippen MR) is 91.4 cm³/mol. The monoisotopic (exact) mass is 322 g/mol. The summed E-state index contributed by atoms with van der Waals surface area (Å²) in [6, 6.07) is 2.10. The van der Waals surface area contributed by atoms with Crippen molar-refractivity contribution in [3.8, 4) is 0 Å². The number of carbonyl (C=O) groups is 1. The molecule has 122 valence electrons. The topological polar surface area (TPSA) is 46.5 Å². The van der Waals surface area contributed by atoms with Crippen molar-refractivity contribution in [3.05, 3.63) is 27.5 Å². The van der Waals surface area contributed by atoms with Crippen molar-refractivity contribution in [2.24, 2.45) is 5.92 Å². The van der Waals surface area contributed by atoms with E-state index in [1.165, 1.54) is 23.3 Å². The van der Waals surface area contributed by atoms with Gasteiger partial charge in [-0.05, 0) is 48.6 Å². The Labute approximate surface area is 137 Å². The molecule has 0 spiro atoms. The first-order chi connectivity index (χ1) is 10.3. The molecule has 0 aromatic carbocycles. The molecule has 0 atom stereocenters. The van der Waals surface area contributed by atoms with E-state index in [0.29, 0.717) is 10.8 Å². The van der Waals surface area contributed by atoms with Gasteiger partial charge >= 0.3 is 5.97 Å². The van der Waals surface area contributed by atoms with E-state index in [2.05, 4.69) is 39.0 Å². The van der Waals surface area contributed by atoms with Crippen LogP contribution in [0, 0.1) is 5.92 Å². The molecule has 0 saturated heterocycles. The van der Waals surface area contributed by atoms with Gasteiger partial charge < -0.3 is 9.84 Å². The van der Waals surface area contributed by atoms with E-state index in [0.717, 1.165) is 31.2 Å². The second-order valence-corrected chi connectivity index (χ2v) is 8.12. The Morgan fingerprint density at radius 3 is 2.50 bits per heavy atom. The summed E-state index contributed by atoms with van der Waals surface area (Å²) < 4.78 is 4.91. The molecule has 4 heteroatoms. The average Bonchev–Trinajstić information content (AvgIpc) is 2.90. The number of methoxy groups -OCH3 is 1. The van der Waals surface area contributed by atoms with Crippen molar-refractivity contribution in [1.82, 2.24) is 0 Å². The highest BCUT2D eigenvalue weighted by Crippen LogP contribution is 2.34. The zero-order valence-electron chi connectivity index (χ0n) is 13.9. The van der Waals surface area contributed by atoms with Crippen LogP contribution in [0.4, 0.5) is 0 Å². The van der Waals surface area contributed by atoms with Crippen LogP contribution in [0.3, 0.4) is 0 Å². The van der Waals surface area contributed by atoms with Crippen LogP contribution in [0.15, 0.2) is 12.1 Å². The molecule has 0 bridgehead atoms. The van der Waals surface area contributed by atoms with Crippen molar-refractivity contribution < 1.29 is 14.6 Å². The second-order valence-electron chi connectivity index (χ2n) is 7.06. The fourth-order valence-corrected chi connectivity index (χ4v) is 3.81. The van der Waals surface area contributed by atoms with Gasteiger partial charge in [-0.2, -0.15) is 0 Å². The molecule has 0 amide bonds. The highest BCUT2D eigenvalue weighted by Gasteiger charge is 2.23. The fourth-order valence-electron chi connectivity index (χ4n) is 2.68. The third-order valence-electron chi connectivity index (χ3n) is 4.16. The van der Waals surface area contributed by atoms with Crippen LogP contribution in [0.5, 0.6) is 0 Å². The lowest BCUT2D eigenvalue weighted by molar-refractivity contribution is 0.0606. The summed E-state index contributed by atoms with van der Waals surface area (Å²) in [5.41, 5.74) is 0.974. The number of hydrogen-bond acceptors (Lipinski definition) is 4. The molecule has 1 heterocycles. The van der Waals surface area contributed by atoms with Crippen molar-refractivity contribution in [3.63, 3.8) is 0 Å². The van der Waals surface area contributed by atoms with Gasteiger partial charge in [0.25, 0.3) is 0 Å². The Morgan fingerprint density at radius 2 is 1.95 bits per heavy atom. The van der Waals surface area contributed by atoms with Gasteiger partial charge in [-0.1, -0.05) is 32.9 Å². The molecule has 1 aromatic heterocycles. The maximum absolute atomic E-state index is 12.0. The third kappa shape index (κ3) is 4.20. The first kappa shape index (κ1) is 17.2. The molecule has 1 aliphatic rings. The highest BCUT2D eigenvalue weighted by atomic mass is 32.1. The molecule has 0 aliphatic heterocycles. The van der Waals surface area contributed by atoms with E-state index in [-0.39, 0.29) is 17.5 Å². The first-order valence-electron chi connectivity index (χ1n) is 7.90. The molecule has 0 radical (unpaired) electrons. The lowest BCUT2D eigenvalue weighted by atomic mass is 9.87. The number of ether oxygens (including phenoxy) is 1. The summed E-state index contributed by atoms with van der Waals surface area (Å²) >= 11 is 1.52. The summed E-state index contributed by atoms with van der Waals surface area (Å²) in [5.74, 6) is 0.228. The van der Waals surface area contributed by atoms with Crippen LogP contribution in [0.2, 0.25) is 0 Å². The Morgan fingerprint density at radius 1 is 1.32 bits per heavy atom. The standard InChI is InChI=1S/C18H26O3S/c1-18(2,3)15-11-13(16(22-15)17(20)21-4)8-5-12-6-9-14(19)10-7-12/h5,8,11-12,14,19H,6-7,9-10H2,1-4H3/b8-5-. The molecule has 1 fully saturated rings. The number of esters is 1. The van der Waals surface area contributed by atoms with Crippen molar-refractivity contribution in [1.29, 1.82) is 0 Å². The summed E-state index contributed by atoms with van der Waals surface area (Å²) in [6.45, 7) is 6.45. The van der Waals surface area contributed by atoms with Gasteiger partial charge in [0.2, 0.25) is 0 Å². The van der Waals surface area contributed by atoms with Gasteiger partial charge in [0, 0.05) is 4.88 Å². The number of aliphatic hydroxyl groups excluding tert-OH is 1.